The third kappa shape index (κ3) is 3.06. The molecule has 0 amide bonds. The van der Waals surface area contributed by atoms with Crippen molar-refractivity contribution in [3.8, 4) is 11.4 Å². The Morgan fingerprint density at radius 1 is 1.13 bits per heavy atom. The molecule has 1 fully saturated rings. The van der Waals surface area contributed by atoms with Crippen LogP contribution in [-0.2, 0) is 6.54 Å². The summed E-state index contributed by atoms with van der Waals surface area (Å²) in [6.45, 7) is 0.693. The third-order valence-electron chi connectivity index (χ3n) is 4.15. The van der Waals surface area contributed by atoms with Crippen LogP contribution in [0.15, 0.2) is 47.4 Å². The third-order valence-corrected chi connectivity index (χ3v) is 4.15. The number of anilines is 1. The molecule has 0 bridgehead atoms. The Labute approximate surface area is 134 Å². The summed E-state index contributed by atoms with van der Waals surface area (Å²) < 4.78 is 5.37. The van der Waals surface area contributed by atoms with E-state index in [0.717, 1.165) is 35.7 Å². The summed E-state index contributed by atoms with van der Waals surface area (Å²) in [6, 6.07) is 8.14. The molecule has 3 aromatic rings. The van der Waals surface area contributed by atoms with Crippen molar-refractivity contribution in [1.29, 1.82) is 0 Å². The molecule has 2 heterocycles. The van der Waals surface area contributed by atoms with Crippen LogP contribution in [-0.4, -0.2) is 20.1 Å². The van der Waals surface area contributed by atoms with E-state index in [1.165, 1.54) is 6.42 Å². The molecule has 23 heavy (non-hydrogen) atoms. The quantitative estimate of drug-likeness (QED) is 0.778. The molecule has 0 unspecified atom stereocenters. The van der Waals surface area contributed by atoms with E-state index in [1.54, 1.807) is 18.6 Å². The Morgan fingerprint density at radius 2 is 2.00 bits per heavy atom. The van der Waals surface area contributed by atoms with Crippen molar-refractivity contribution >= 4 is 5.82 Å². The van der Waals surface area contributed by atoms with Crippen LogP contribution in [0, 0.1) is 0 Å². The van der Waals surface area contributed by atoms with Gasteiger partial charge in [-0.25, -0.2) is 4.98 Å². The highest BCUT2D eigenvalue weighted by molar-refractivity contribution is 5.54. The summed E-state index contributed by atoms with van der Waals surface area (Å²) in [5.74, 6) is 2.67. The van der Waals surface area contributed by atoms with Crippen molar-refractivity contribution in [2.75, 3.05) is 5.32 Å². The Hall–Kier alpha value is -2.76. The molecule has 1 aliphatic carbocycles. The number of rotatable bonds is 5. The van der Waals surface area contributed by atoms with Crippen molar-refractivity contribution in [2.45, 2.75) is 31.7 Å². The highest BCUT2D eigenvalue weighted by Crippen LogP contribution is 2.35. The van der Waals surface area contributed by atoms with Gasteiger partial charge < -0.3 is 9.84 Å². The number of nitrogens with zero attached hydrogens (tertiary/aromatic N) is 4. The minimum Gasteiger partial charge on any atom is -0.365 e. The van der Waals surface area contributed by atoms with Gasteiger partial charge in [-0.2, -0.15) is 4.98 Å². The van der Waals surface area contributed by atoms with E-state index in [2.05, 4.69) is 37.6 Å². The minimum atomic E-state index is 0.465. The molecule has 0 saturated heterocycles. The van der Waals surface area contributed by atoms with E-state index >= 15 is 0 Å². The summed E-state index contributed by atoms with van der Waals surface area (Å²) >= 11 is 0. The summed E-state index contributed by atoms with van der Waals surface area (Å²) in [7, 11) is 0. The number of benzene rings is 1. The lowest BCUT2D eigenvalue weighted by Crippen LogP contribution is -2.08. The molecule has 4 rings (SSSR count). The molecule has 0 spiro atoms. The van der Waals surface area contributed by atoms with Gasteiger partial charge >= 0.3 is 0 Å². The molecule has 1 aliphatic rings. The van der Waals surface area contributed by atoms with Gasteiger partial charge in [0, 0.05) is 30.4 Å². The van der Waals surface area contributed by atoms with Crippen LogP contribution in [0.3, 0.4) is 0 Å². The molecule has 6 heteroatoms. The summed E-state index contributed by atoms with van der Waals surface area (Å²) in [5.41, 5.74) is 2.13. The van der Waals surface area contributed by atoms with Crippen molar-refractivity contribution in [2.24, 2.45) is 0 Å². The van der Waals surface area contributed by atoms with Gasteiger partial charge in [0.25, 0.3) is 0 Å². The Bertz CT molecular complexity index is 765. The van der Waals surface area contributed by atoms with E-state index in [-0.39, 0.29) is 0 Å². The predicted octanol–water partition coefficient (Wildman–Crippen LogP) is 3.41. The van der Waals surface area contributed by atoms with Crippen molar-refractivity contribution in [3.05, 3.63) is 54.3 Å². The summed E-state index contributed by atoms with van der Waals surface area (Å²) in [6.07, 6.45) is 8.61. The first-order valence-electron chi connectivity index (χ1n) is 7.81. The lowest BCUT2D eigenvalue weighted by atomic mass is 9.85. The zero-order chi connectivity index (χ0) is 15.5. The molecule has 6 nitrogen and oxygen atoms in total. The summed E-state index contributed by atoms with van der Waals surface area (Å²) in [5, 5.41) is 7.32. The fraction of sp³-hybridized carbons (Fsp3) is 0.294. The lowest BCUT2D eigenvalue weighted by Gasteiger charge is -2.20. The van der Waals surface area contributed by atoms with E-state index in [4.69, 9.17) is 4.52 Å². The molecular weight excluding hydrogens is 290 g/mol. The molecule has 1 N–H and O–H groups in total. The normalized spacial score (nSPS) is 14.4. The molecular formula is C17H17N5O. The molecule has 0 atom stereocenters. The second-order valence-electron chi connectivity index (χ2n) is 5.73. The smallest absolute Gasteiger partial charge is 0.230 e. The molecule has 1 saturated carbocycles. The Morgan fingerprint density at radius 3 is 2.70 bits per heavy atom. The number of hydrogen-bond acceptors (Lipinski definition) is 6. The van der Waals surface area contributed by atoms with Crippen LogP contribution >= 0.6 is 0 Å². The minimum absolute atomic E-state index is 0.465. The molecule has 1 aromatic carbocycles. The standard InChI is InChI=1S/C17H17N5O/c1-2-14(3-1)17-21-16(22-23-17)13-6-4-12(5-7-13)10-20-15-11-18-8-9-19-15/h4-9,11,14H,1-3,10H2,(H,19,20). The highest BCUT2D eigenvalue weighted by atomic mass is 16.5. The fourth-order valence-corrected chi connectivity index (χ4v) is 2.53. The first-order valence-corrected chi connectivity index (χ1v) is 7.81. The van der Waals surface area contributed by atoms with E-state index in [0.29, 0.717) is 18.3 Å². The molecule has 0 radical (unpaired) electrons. The maximum absolute atomic E-state index is 5.37. The molecule has 2 aromatic heterocycles. The summed E-state index contributed by atoms with van der Waals surface area (Å²) in [4.78, 5) is 12.7. The Balaban J connectivity index is 1.42. The van der Waals surface area contributed by atoms with E-state index in [1.807, 2.05) is 12.1 Å². The lowest BCUT2D eigenvalue weighted by molar-refractivity contribution is 0.292. The van der Waals surface area contributed by atoms with Gasteiger partial charge in [0.05, 0.1) is 6.20 Å². The van der Waals surface area contributed by atoms with E-state index < -0.39 is 0 Å². The fourth-order valence-electron chi connectivity index (χ4n) is 2.53. The van der Waals surface area contributed by atoms with Gasteiger partial charge in [-0.1, -0.05) is 35.8 Å². The van der Waals surface area contributed by atoms with Crippen molar-refractivity contribution < 1.29 is 4.52 Å². The van der Waals surface area contributed by atoms with Crippen LogP contribution in [0.1, 0.15) is 36.6 Å². The van der Waals surface area contributed by atoms with Crippen LogP contribution in [0.25, 0.3) is 11.4 Å². The Kier molecular flexibility index (Phi) is 3.71. The first-order chi connectivity index (χ1) is 11.4. The average molecular weight is 307 g/mol. The van der Waals surface area contributed by atoms with Crippen molar-refractivity contribution in [3.63, 3.8) is 0 Å². The van der Waals surface area contributed by atoms with Crippen LogP contribution in [0.2, 0.25) is 0 Å². The molecule has 116 valence electrons. The monoisotopic (exact) mass is 307 g/mol. The van der Waals surface area contributed by atoms with Gasteiger partial charge in [-0.05, 0) is 18.4 Å². The second kappa shape index (κ2) is 6.16. The van der Waals surface area contributed by atoms with Crippen LogP contribution in [0.5, 0.6) is 0 Å². The van der Waals surface area contributed by atoms with Gasteiger partial charge in [0.1, 0.15) is 5.82 Å². The predicted molar refractivity (Wildman–Crippen MR) is 85.7 cm³/mol. The van der Waals surface area contributed by atoms with Gasteiger partial charge in [0.15, 0.2) is 0 Å². The number of hydrogen-bond donors (Lipinski definition) is 1. The topological polar surface area (TPSA) is 76.7 Å². The zero-order valence-corrected chi connectivity index (χ0v) is 12.6. The van der Waals surface area contributed by atoms with Gasteiger partial charge in [-0.15, -0.1) is 0 Å². The molecule has 0 aliphatic heterocycles. The maximum atomic E-state index is 5.37. The van der Waals surface area contributed by atoms with Crippen LogP contribution in [0.4, 0.5) is 5.82 Å². The van der Waals surface area contributed by atoms with Gasteiger partial charge in [0.2, 0.25) is 11.7 Å². The second-order valence-corrected chi connectivity index (χ2v) is 5.73. The van der Waals surface area contributed by atoms with E-state index in [9.17, 15) is 0 Å². The SMILES string of the molecule is c1cnc(NCc2ccc(-c3noc(C4CCC4)n3)cc2)cn1. The zero-order valence-electron chi connectivity index (χ0n) is 12.6. The highest BCUT2D eigenvalue weighted by Gasteiger charge is 2.25. The van der Waals surface area contributed by atoms with Gasteiger partial charge in [-0.3, -0.25) is 4.98 Å². The maximum Gasteiger partial charge on any atom is 0.230 e. The number of aromatic nitrogens is 4. The number of nitrogens with one attached hydrogen (secondary N) is 1. The first kappa shape index (κ1) is 13.9. The van der Waals surface area contributed by atoms with Crippen LogP contribution < -0.4 is 5.32 Å². The average Bonchev–Trinajstić information content (AvgIpc) is 3.02. The largest absolute Gasteiger partial charge is 0.365 e. The van der Waals surface area contributed by atoms with Crippen molar-refractivity contribution in [1.82, 2.24) is 20.1 Å².